The molecule has 8 nitrogen and oxygen atoms in total. The number of hydrogen-bond donors (Lipinski definition) is 1. The molecule has 1 fully saturated rings. The Morgan fingerprint density at radius 1 is 1.19 bits per heavy atom. The summed E-state index contributed by atoms with van der Waals surface area (Å²) in [5.74, 6) is 1.45. The van der Waals surface area contributed by atoms with Gasteiger partial charge in [0.1, 0.15) is 12.1 Å². The van der Waals surface area contributed by atoms with Crippen LogP contribution < -0.4 is 10.2 Å². The van der Waals surface area contributed by atoms with Crippen molar-refractivity contribution in [1.82, 2.24) is 24.7 Å². The van der Waals surface area contributed by atoms with Crippen molar-refractivity contribution < 1.29 is 4.79 Å². The van der Waals surface area contributed by atoms with E-state index in [0.29, 0.717) is 12.4 Å². The van der Waals surface area contributed by atoms with Crippen LogP contribution in [0, 0.1) is 5.92 Å². The molecule has 8 heteroatoms. The summed E-state index contributed by atoms with van der Waals surface area (Å²) in [6.45, 7) is 1.49. The van der Waals surface area contributed by atoms with Gasteiger partial charge in [0.05, 0.1) is 17.8 Å². The third-order valence-electron chi connectivity index (χ3n) is 4.42. The summed E-state index contributed by atoms with van der Waals surface area (Å²) in [7, 11) is 0. The molecular weight excluding hydrogens is 330 g/mol. The molecule has 0 aromatic carbocycles. The quantitative estimate of drug-likeness (QED) is 0.774. The normalized spacial score (nSPS) is 17.1. The number of amides is 1. The number of carbonyl (C=O) groups is 1. The largest absolute Gasteiger partial charge is 0.356 e. The van der Waals surface area contributed by atoms with Gasteiger partial charge in [-0.3, -0.25) is 9.78 Å². The standard InChI is InChI=1S/C18H19N7O/c26-18(23-15-5-1-6-19-11-15)14-4-2-8-24(12-14)16-10-17(21-13-20-16)25-9-3-7-22-25/h1,3,5-7,9-11,13-14H,2,4,8,12H2,(H,23,26)/t14-/m0/s1. The molecule has 3 aromatic heterocycles. The molecule has 132 valence electrons. The number of aromatic nitrogens is 5. The van der Waals surface area contributed by atoms with E-state index in [-0.39, 0.29) is 11.8 Å². The van der Waals surface area contributed by atoms with Gasteiger partial charge in [0.2, 0.25) is 5.91 Å². The van der Waals surface area contributed by atoms with E-state index in [4.69, 9.17) is 0 Å². The molecule has 26 heavy (non-hydrogen) atoms. The Bertz CT molecular complexity index is 866. The van der Waals surface area contributed by atoms with E-state index < -0.39 is 0 Å². The fourth-order valence-corrected chi connectivity index (χ4v) is 3.12. The number of nitrogens with zero attached hydrogens (tertiary/aromatic N) is 6. The van der Waals surface area contributed by atoms with Gasteiger partial charge in [-0.25, -0.2) is 14.6 Å². The van der Waals surface area contributed by atoms with E-state index in [2.05, 4.69) is 30.3 Å². The first-order valence-corrected chi connectivity index (χ1v) is 8.57. The Morgan fingerprint density at radius 3 is 2.92 bits per heavy atom. The lowest BCUT2D eigenvalue weighted by molar-refractivity contribution is -0.120. The summed E-state index contributed by atoms with van der Waals surface area (Å²) < 4.78 is 1.70. The summed E-state index contributed by atoms with van der Waals surface area (Å²) in [5, 5.41) is 7.14. The second-order valence-corrected chi connectivity index (χ2v) is 6.20. The smallest absolute Gasteiger partial charge is 0.229 e. The molecule has 3 aromatic rings. The van der Waals surface area contributed by atoms with Crippen LogP contribution >= 0.6 is 0 Å². The molecule has 1 amide bonds. The fraction of sp³-hybridized carbons (Fsp3) is 0.278. The lowest BCUT2D eigenvalue weighted by Crippen LogP contribution is -2.41. The van der Waals surface area contributed by atoms with Crippen molar-refractivity contribution in [3.8, 4) is 5.82 Å². The number of anilines is 2. The van der Waals surface area contributed by atoms with E-state index in [1.165, 1.54) is 6.33 Å². The third kappa shape index (κ3) is 3.53. The zero-order chi connectivity index (χ0) is 17.8. The van der Waals surface area contributed by atoms with Crippen LogP contribution in [0.15, 0.2) is 55.4 Å². The number of nitrogens with one attached hydrogen (secondary N) is 1. The van der Waals surface area contributed by atoms with Gasteiger partial charge in [0, 0.05) is 37.7 Å². The molecule has 1 N–H and O–H groups in total. The number of carbonyl (C=O) groups excluding carboxylic acids is 1. The van der Waals surface area contributed by atoms with Crippen molar-refractivity contribution in [2.24, 2.45) is 5.92 Å². The van der Waals surface area contributed by atoms with E-state index in [1.807, 2.05) is 24.4 Å². The fourth-order valence-electron chi connectivity index (χ4n) is 3.12. The van der Waals surface area contributed by atoms with Crippen LogP contribution in [0.1, 0.15) is 12.8 Å². The van der Waals surface area contributed by atoms with Gasteiger partial charge < -0.3 is 10.2 Å². The Kier molecular flexibility index (Phi) is 4.55. The summed E-state index contributed by atoms with van der Waals surface area (Å²) in [5.41, 5.74) is 0.720. The molecule has 0 bridgehead atoms. The topological polar surface area (TPSA) is 88.8 Å². The van der Waals surface area contributed by atoms with Crippen LogP contribution in [0.2, 0.25) is 0 Å². The maximum atomic E-state index is 12.6. The van der Waals surface area contributed by atoms with E-state index >= 15 is 0 Å². The average molecular weight is 349 g/mol. The van der Waals surface area contributed by atoms with Crippen LogP contribution in [0.25, 0.3) is 5.82 Å². The Labute approximate surface area is 150 Å². The van der Waals surface area contributed by atoms with Gasteiger partial charge in [-0.1, -0.05) is 0 Å². The summed E-state index contributed by atoms with van der Waals surface area (Å²) >= 11 is 0. The lowest BCUT2D eigenvalue weighted by Gasteiger charge is -2.32. The molecule has 1 saturated heterocycles. The van der Waals surface area contributed by atoms with Gasteiger partial charge in [0.25, 0.3) is 0 Å². The third-order valence-corrected chi connectivity index (χ3v) is 4.42. The van der Waals surface area contributed by atoms with Crippen LogP contribution in [-0.4, -0.2) is 43.7 Å². The van der Waals surface area contributed by atoms with Crippen LogP contribution in [0.3, 0.4) is 0 Å². The number of hydrogen-bond acceptors (Lipinski definition) is 6. The Morgan fingerprint density at radius 2 is 2.12 bits per heavy atom. The van der Waals surface area contributed by atoms with Crippen LogP contribution in [-0.2, 0) is 4.79 Å². The molecule has 0 radical (unpaired) electrons. The predicted octanol–water partition coefficient (Wildman–Crippen LogP) is 1.91. The highest BCUT2D eigenvalue weighted by molar-refractivity contribution is 5.92. The lowest BCUT2D eigenvalue weighted by atomic mass is 9.97. The van der Waals surface area contributed by atoms with Crippen LogP contribution in [0.4, 0.5) is 11.5 Å². The number of pyridine rings is 1. The molecule has 1 atom stereocenters. The Balaban J connectivity index is 1.47. The van der Waals surface area contributed by atoms with Gasteiger partial charge in [0.15, 0.2) is 5.82 Å². The molecule has 0 aliphatic carbocycles. The van der Waals surface area contributed by atoms with Gasteiger partial charge in [-0.05, 0) is 31.0 Å². The van der Waals surface area contributed by atoms with Crippen molar-refractivity contribution in [3.05, 3.63) is 55.4 Å². The van der Waals surface area contributed by atoms with Crippen molar-refractivity contribution in [3.63, 3.8) is 0 Å². The van der Waals surface area contributed by atoms with Gasteiger partial charge in [-0.15, -0.1) is 0 Å². The summed E-state index contributed by atoms with van der Waals surface area (Å²) in [6.07, 6.45) is 10.2. The average Bonchev–Trinajstić information content (AvgIpc) is 3.24. The molecule has 1 aliphatic rings. The minimum Gasteiger partial charge on any atom is -0.356 e. The highest BCUT2D eigenvalue weighted by atomic mass is 16.1. The predicted molar refractivity (Wildman–Crippen MR) is 97.0 cm³/mol. The van der Waals surface area contributed by atoms with E-state index in [9.17, 15) is 4.79 Å². The zero-order valence-corrected chi connectivity index (χ0v) is 14.2. The molecule has 0 unspecified atom stereocenters. The maximum Gasteiger partial charge on any atom is 0.229 e. The van der Waals surface area contributed by atoms with Crippen molar-refractivity contribution in [1.29, 1.82) is 0 Å². The molecule has 1 aliphatic heterocycles. The summed E-state index contributed by atoms with van der Waals surface area (Å²) in [4.78, 5) is 27.4. The molecule has 0 saturated carbocycles. The first-order chi connectivity index (χ1) is 12.8. The highest BCUT2D eigenvalue weighted by Gasteiger charge is 2.27. The molecule has 4 heterocycles. The van der Waals surface area contributed by atoms with Crippen molar-refractivity contribution in [2.75, 3.05) is 23.3 Å². The maximum absolute atomic E-state index is 12.6. The van der Waals surface area contributed by atoms with Crippen molar-refractivity contribution >= 4 is 17.4 Å². The minimum atomic E-state index is -0.0907. The SMILES string of the molecule is O=C(Nc1cccnc1)[C@H]1CCCN(c2cc(-n3cccn3)ncn2)C1. The minimum absolute atomic E-state index is 0.0176. The second-order valence-electron chi connectivity index (χ2n) is 6.20. The molecular formula is C18H19N7O. The highest BCUT2D eigenvalue weighted by Crippen LogP contribution is 2.23. The Hall–Kier alpha value is -3.29. The number of rotatable bonds is 4. The first kappa shape index (κ1) is 16.2. The first-order valence-electron chi connectivity index (χ1n) is 8.57. The summed E-state index contributed by atoms with van der Waals surface area (Å²) in [6, 6.07) is 7.39. The molecule has 4 rings (SSSR count). The second kappa shape index (κ2) is 7.30. The van der Waals surface area contributed by atoms with Crippen molar-refractivity contribution in [2.45, 2.75) is 12.8 Å². The zero-order valence-electron chi connectivity index (χ0n) is 14.2. The van der Waals surface area contributed by atoms with Gasteiger partial charge >= 0.3 is 0 Å². The van der Waals surface area contributed by atoms with Gasteiger partial charge in [-0.2, -0.15) is 5.10 Å². The van der Waals surface area contributed by atoms with E-state index in [0.717, 1.165) is 30.9 Å². The van der Waals surface area contributed by atoms with Crippen LogP contribution in [0.5, 0.6) is 0 Å². The monoisotopic (exact) mass is 349 g/mol. The van der Waals surface area contributed by atoms with E-state index in [1.54, 1.807) is 29.3 Å². The number of piperidine rings is 1. The molecule has 0 spiro atoms.